The topological polar surface area (TPSA) is 0 Å². The molecule has 0 nitrogen and oxygen atoms in total. The van der Waals surface area contributed by atoms with Gasteiger partial charge in [-0.15, -0.1) is 0 Å². The first kappa shape index (κ1) is 9.97. The van der Waals surface area contributed by atoms with E-state index < -0.39 is 0 Å². The lowest BCUT2D eigenvalue weighted by Gasteiger charge is -2.07. The van der Waals surface area contributed by atoms with E-state index in [2.05, 4.69) is 13.5 Å². The van der Waals surface area contributed by atoms with Crippen molar-refractivity contribution in [2.24, 2.45) is 0 Å². The third-order valence-electron chi connectivity index (χ3n) is 2.27. The molecule has 0 atom stereocenters. The van der Waals surface area contributed by atoms with Crippen molar-refractivity contribution in [3.8, 4) is 0 Å². The molecule has 0 heterocycles. The van der Waals surface area contributed by atoms with Crippen LogP contribution in [-0.2, 0) is 0 Å². The summed E-state index contributed by atoms with van der Waals surface area (Å²) in [7, 11) is 0. The summed E-state index contributed by atoms with van der Waals surface area (Å²) in [4.78, 5) is 0. The predicted octanol–water partition coefficient (Wildman–Crippen LogP) is 3.87. The van der Waals surface area contributed by atoms with Gasteiger partial charge in [-0.2, -0.15) is 0 Å². The maximum atomic E-state index is 13.2. The monoisotopic (exact) mass is 178 g/mol. The van der Waals surface area contributed by atoms with Gasteiger partial charge >= 0.3 is 0 Å². The highest BCUT2D eigenvalue weighted by Gasteiger charge is 2.05. The van der Waals surface area contributed by atoms with Gasteiger partial charge in [0.05, 0.1) is 0 Å². The Morgan fingerprint density at radius 1 is 1.31 bits per heavy atom. The third-order valence-corrected chi connectivity index (χ3v) is 2.27. The van der Waals surface area contributed by atoms with Gasteiger partial charge in [-0.3, -0.25) is 0 Å². The largest absolute Gasteiger partial charge is 0.206 e. The number of rotatable bonds is 2. The number of aryl methyl sites for hydroxylation is 2. The summed E-state index contributed by atoms with van der Waals surface area (Å²) in [5, 5.41) is 0. The molecule has 1 aromatic carbocycles. The Kier molecular flexibility index (Phi) is 2.86. The highest BCUT2D eigenvalue weighted by atomic mass is 19.1. The minimum atomic E-state index is -0.104. The van der Waals surface area contributed by atoms with Crippen molar-refractivity contribution in [3.05, 3.63) is 41.2 Å². The van der Waals surface area contributed by atoms with Gasteiger partial charge in [0.15, 0.2) is 0 Å². The Bertz CT molecular complexity index is 314. The Morgan fingerprint density at radius 3 is 2.15 bits per heavy atom. The van der Waals surface area contributed by atoms with Crippen LogP contribution in [0.5, 0.6) is 0 Å². The molecule has 0 aromatic heterocycles. The van der Waals surface area contributed by atoms with Gasteiger partial charge < -0.3 is 0 Å². The Morgan fingerprint density at radius 2 is 1.77 bits per heavy atom. The van der Waals surface area contributed by atoms with Crippen molar-refractivity contribution in [1.82, 2.24) is 0 Å². The van der Waals surface area contributed by atoms with E-state index in [1.807, 2.05) is 12.1 Å². The lowest BCUT2D eigenvalue weighted by molar-refractivity contribution is 0.609. The molecule has 0 unspecified atom stereocenters. The molecule has 1 rings (SSSR count). The quantitative estimate of drug-likeness (QED) is 0.645. The maximum absolute atomic E-state index is 13.2. The molecule has 0 saturated carbocycles. The van der Waals surface area contributed by atoms with E-state index in [0.29, 0.717) is 11.1 Å². The second-order valence-corrected chi connectivity index (χ2v) is 3.38. The van der Waals surface area contributed by atoms with Crippen molar-refractivity contribution >= 4 is 5.57 Å². The van der Waals surface area contributed by atoms with E-state index in [9.17, 15) is 4.39 Å². The van der Waals surface area contributed by atoms with Gasteiger partial charge in [-0.25, -0.2) is 4.39 Å². The van der Waals surface area contributed by atoms with Gasteiger partial charge in [0.25, 0.3) is 0 Å². The molecule has 0 bridgehead atoms. The van der Waals surface area contributed by atoms with Crippen LogP contribution in [0.3, 0.4) is 0 Å². The zero-order chi connectivity index (χ0) is 10.0. The van der Waals surface area contributed by atoms with Gasteiger partial charge in [0.1, 0.15) is 5.82 Å². The number of hydrogen-bond donors (Lipinski definition) is 0. The Hall–Kier alpha value is -1.11. The molecule has 0 aliphatic heterocycles. The number of halogens is 1. The van der Waals surface area contributed by atoms with Crippen molar-refractivity contribution < 1.29 is 4.39 Å². The van der Waals surface area contributed by atoms with Crippen LogP contribution in [0.1, 0.15) is 30.0 Å². The van der Waals surface area contributed by atoms with Crippen LogP contribution >= 0.6 is 0 Å². The molecule has 0 N–H and O–H groups in total. The smallest absolute Gasteiger partial charge is 0.129 e. The Balaban J connectivity index is 3.20. The molecule has 0 spiro atoms. The summed E-state index contributed by atoms with van der Waals surface area (Å²) < 4.78 is 13.2. The van der Waals surface area contributed by atoms with Crippen LogP contribution < -0.4 is 0 Å². The standard InChI is InChI=1S/C12H15F/c1-5-8(2)11-6-9(3)12(13)10(4)7-11/h6-7H,2,5H2,1,3-4H3. The van der Waals surface area contributed by atoms with E-state index >= 15 is 0 Å². The molecule has 0 fully saturated rings. The third kappa shape index (κ3) is 1.97. The summed E-state index contributed by atoms with van der Waals surface area (Å²) >= 11 is 0. The number of hydrogen-bond acceptors (Lipinski definition) is 0. The summed E-state index contributed by atoms with van der Waals surface area (Å²) in [6.07, 6.45) is 0.907. The SMILES string of the molecule is C=C(CC)c1cc(C)c(F)c(C)c1. The average molecular weight is 178 g/mol. The minimum absolute atomic E-state index is 0.104. The molecule has 13 heavy (non-hydrogen) atoms. The van der Waals surface area contributed by atoms with Gasteiger partial charge in [0, 0.05) is 0 Å². The van der Waals surface area contributed by atoms with Gasteiger partial charge in [-0.1, -0.05) is 13.5 Å². The molecule has 0 radical (unpaired) electrons. The molecular weight excluding hydrogens is 163 g/mol. The molecule has 0 saturated heterocycles. The van der Waals surface area contributed by atoms with Gasteiger partial charge in [-0.05, 0) is 54.7 Å². The maximum Gasteiger partial charge on any atom is 0.129 e. The van der Waals surface area contributed by atoms with Crippen LogP contribution in [0.15, 0.2) is 18.7 Å². The summed E-state index contributed by atoms with van der Waals surface area (Å²) in [5.74, 6) is -0.104. The normalized spacial score (nSPS) is 10.2. The van der Waals surface area contributed by atoms with E-state index in [1.165, 1.54) is 0 Å². The number of benzene rings is 1. The molecule has 0 amide bonds. The Labute approximate surface area is 79.1 Å². The summed E-state index contributed by atoms with van der Waals surface area (Å²) in [6.45, 7) is 9.56. The number of allylic oxidation sites excluding steroid dienone is 1. The minimum Gasteiger partial charge on any atom is -0.206 e. The van der Waals surface area contributed by atoms with Crippen molar-refractivity contribution in [3.63, 3.8) is 0 Å². The van der Waals surface area contributed by atoms with Crippen molar-refractivity contribution in [1.29, 1.82) is 0 Å². The van der Waals surface area contributed by atoms with Crippen molar-refractivity contribution in [2.75, 3.05) is 0 Å². The lowest BCUT2D eigenvalue weighted by Crippen LogP contribution is -1.91. The van der Waals surface area contributed by atoms with E-state index in [1.54, 1.807) is 13.8 Å². The summed E-state index contributed by atoms with van der Waals surface area (Å²) in [5.41, 5.74) is 3.51. The first-order valence-electron chi connectivity index (χ1n) is 4.51. The highest BCUT2D eigenvalue weighted by molar-refractivity contribution is 5.64. The van der Waals surface area contributed by atoms with E-state index in [4.69, 9.17) is 0 Å². The zero-order valence-corrected chi connectivity index (χ0v) is 8.45. The van der Waals surface area contributed by atoms with Crippen LogP contribution in [0.25, 0.3) is 5.57 Å². The predicted molar refractivity (Wildman–Crippen MR) is 55.2 cm³/mol. The first-order chi connectivity index (χ1) is 6.06. The second kappa shape index (κ2) is 3.73. The first-order valence-corrected chi connectivity index (χ1v) is 4.51. The second-order valence-electron chi connectivity index (χ2n) is 3.38. The van der Waals surface area contributed by atoms with E-state index in [-0.39, 0.29) is 5.82 Å². The summed E-state index contributed by atoms with van der Waals surface area (Å²) in [6, 6.07) is 3.71. The van der Waals surface area contributed by atoms with Crippen molar-refractivity contribution in [2.45, 2.75) is 27.2 Å². The van der Waals surface area contributed by atoms with Crippen LogP contribution in [0.2, 0.25) is 0 Å². The van der Waals surface area contributed by atoms with Crippen LogP contribution in [0.4, 0.5) is 4.39 Å². The highest BCUT2D eigenvalue weighted by Crippen LogP contribution is 2.21. The molecule has 70 valence electrons. The molecule has 1 aromatic rings. The molecular formula is C12H15F. The fraction of sp³-hybridized carbons (Fsp3) is 0.333. The molecule has 0 aliphatic rings. The van der Waals surface area contributed by atoms with Crippen LogP contribution in [0, 0.1) is 19.7 Å². The molecule has 1 heteroatoms. The lowest BCUT2D eigenvalue weighted by atomic mass is 10.00. The molecule has 0 aliphatic carbocycles. The van der Waals surface area contributed by atoms with Gasteiger partial charge in [0.2, 0.25) is 0 Å². The van der Waals surface area contributed by atoms with Crippen LogP contribution in [-0.4, -0.2) is 0 Å². The fourth-order valence-corrected chi connectivity index (χ4v) is 1.35. The zero-order valence-electron chi connectivity index (χ0n) is 8.45. The van der Waals surface area contributed by atoms with E-state index in [0.717, 1.165) is 17.6 Å². The average Bonchev–Trinajstić information content (AvgIpc) is 2.12. The fourth-order valence-electron chi connectivity index (χ4n) is 1.35.